The lowest BCUT2D eigenvalue weighted by atomic mass is 9.85. The Balaban J connectivity index is 1.83. The predicted octanol–water partition coefficient (Wildman–Crippen LogP) is 3.21. The Kier molecular flexibility index (Phi) is 6.08. The molecule has 1 N–H and O–H groups in total. The Hall–Kier alpha value is -2.74. The van der Waals surface area contributed by atoms with Crippen molar-refractivity contribution in [2.45, 2.75) is 38.1 Å². The number of carbonyl (C=O) groups is 1. The summed E-state index contributed by atoms with van der Waals surface area (Å²) in [6.07, 6.45) is 7.19. The number of aromatic nitrogens is 2. The second-order valence-electron chi connectivity index (χ2n) is 6.91. The molecule has 7 nitrogen and oxygen atoms in total. The molecule has 1 aliphatic rings. The highest BCUT2D eigenvalue weighted by atomic mass is 32.2. The van der Waals surface area contributed by atoms with Gasteiger partial charge in [0.15, 0.2) is 9.84 Å². The minimum atomic E-state index is -3.26. The van der Waals surface area contributed by atoms with E-state index in [1.807, 2.05) is 18.2 Å². The van der Waals surface area contributed by atoms with Crippen LogP contribution in [0.1, 0.15) is 48.3 Å². The molecule has 1 heterocycles. The highest BCUT2D eigenvalue weighted by Gasteiger charge is 2.25. The fraction of sp³-hybridized carbons (Fsp3) is 0.350. The summed E-state index contributed by atoms with van der Waals surface area (Å²) in [5.74, 6) is 1.31. The van der Waals surface area contributed by atoms with Crippen LogP contribution in [0.3, 0.4) is 0 Å². The van der Waals surface area contributed by atoms with Crippen molar-refractivity contribution in [1.82, 2.24) is 15.3 Å². The van der Waals surface area contributed by atoms with E-state index in [-0.39, 0.29) is 11.4 Å². The van der Waals surface area contributed by atoms with E-state index in [2.05, 4.69) is 15.3 Å². The number of rotatable bonds is 7. The number of sulfone groups is 1. The lowest BCUT2D eigenvalue weighted by molar-refractivity contribution is 0.0943. The van der Waals surface area contributed by atoms with Crippen LogP contribution < -0.4 is 10.1 Å². The molecule has 0 spiro atoms. The molecule has 1 atom stereocenters. The number of nitrogens with zero attached hydrogens (tertiary/aromatic N) is 2. The highest BCUT2D eigenvalue weighted by molar-refractivity contribution is 7.93. The minimum Gasteiger partial charge on any atom is -0.438 e. The van der Waals surface area contributed by atoms with Crippen LogP contribution in [0, 0.1) is 0 Å². The van der Waals surface area contributed by atoms with Crippen molar-refractivity contribution in [3.8, 4) is 11.6 Å². The maximum Gasteiger partial charge on any atom is 0.258 e. The van der Waals surface area contributed by atoms with E-state index in [9.17, 15) is 13.2 Å². The Morgan fingerprint density at radius 3 is 2.61 bits per heavy atom. The van der Waals surface area contributed by atoms with Gasteiger partial charge in [0, 0.05) is 29.8 Å². The molecule has 1 aliphatic carbocycles. The molecule has 0 saturated heterocycles. The van der Waals surface area contributed by atoms with Gasteiger partial charge in [-0.1, -0.05) is 30.7 Å². The third-order valence-corrected chi connectivity index (χ3v) is 5.07. The Bertz CT molecular complexity index is 970. The molecular formula is C20H23N3O4S. The smallest absolute Gasteiger partial charge is 0.258 e. The first-order valence-corrected chi connectivity index (χ1v) is 11.1. The summed E-state index contributed by atoms with van der Waals surface area (Å²) in [6, 6.07) is 8.62. The standard InChI is InChI=1S/C20H23N3O4S/c1-14(11-12-28(2,25)26)22-19(24)17-13-21-18(15-7-6-8-15)23-20(17)27-16-9-4-3-5-10-16/h3-5,9-15H,6-8H2,1-2H3,(H,22,24)/b12-11+. The van der Waals surface area contributed by atoms with Crippen LogP contribution >= 0.6 is 0 Å². The van der Waals surface area contributed by atoms with Crippen LogP contribution in [0.5, 0.6) is 11.6 Å². The van der Waals surface area contributed by atoms with E-state index in [1.165, 1.54) is 12.3 Å². The molecule has 1 amide bonds. The first-order valence-electron chi connectivity index (χ1n) is 9.11. The maximum absolute atomic E-state index is 12.7. The van der Waals surface area contributed by atoms with Crippen molar-refractivity contribution in [2.75, 3.05) is 6.26 Å². The van der Waals surface area contributed by atoms with Crippen LogP contribution in [0.15, 0.2) is 48.0 Å². The van der Waals surface area contributed by atoms with E-state index in [0.29, 0.717) is 17.5 Å². The molecule has 1 aromatic heterocycles. The van der Waals surface area contributed by atoms with Gasteiger partial charge in [0.2, 0.25) is 5.88 Å². The van der Waals surface area contributed by atoms with Gasteiger partial charge in [0.05, 0.1) is 0 Å². The van der Waals surface area contributed by atoms with Gasteiger partial charge in [-0.25, -0.2) is 13.4 Å². The molecule has 0 aliphatic heterocycles. The summed E-state index contributed by atoms with van der Waals surface area (Å²) < 4.78 is 28.3. The van der Waals surface area contributed by atoms with Gasteiger partial charge >= 0.3 is 0 Å². The molecule has 0 radical (unpaired) electrons. The number of carbonyl (C=O) groups excluding carboxylic acids is 1. The molecule has 1 unspecified atom stereocenters. The Labute approximate surface area is 164 Å². The quantitative estimate of drug-likeness (QED) is 0.765. The summed E-state index contributed by atoms with van der Waals surface area (Å²) in [7, 11) is -3.26. The van der Waals surface area contributed by atoms with E-state index in [0.717, 1.165) is 30.9 Å². The van der Waals surface area contributed by atoms with Crippen molar-refractivity contribution in [3.63, 3.8) is 0 Å². The Morgan fingerprint density at radius 1 is 1.29 bits per heavy atom. The van der Waals surface area contributed by atoms with Gasteiger partial charge in [0.25, 0.3) is 5.91 Å². The monoisotopic (exact) mass is 401 g/mol. The van der Waals surface area contributed by atoms with Crippen molar-refractivity contribution >= 4 is 15.7 Å². The van der Waals surface area contributed by atoms with E-state index in [1.54, 1.807) is 19.1 Å². The second kappa shape index (κ2) is 8.52. The molecular weight excluding hydrogens is 378 g/mol. The fourth-order valence-electron chi connectivity index (χ4n) is 2.67. The number of hydrogen-bond acceptors (Lipinski definition) is 6. The van der Waals surface area contributed by atoms with Gasteiger partial charge in [0.1, 0.15) is 17.1 Å². The zero-order valence-corrected chi connectivity index (χ0v) is 16.6. The summed E-state index contributed by atoms with van der Waals surface area (Å²) in [6.45, 7) is 1.68. The number of benzene rings is 1. The third kappa shape index (κ3) is 5.39. The minimum absolute atomic E-state index is 0.194. The molecule has 2 aromatic rings. The summed E-state index contributed by atoms with van der Waals surface area (Å²) in [5, 5.41) is 3.79. The normalized spacial score (nSPS) is 15.8. The van der Waals surface area contributed by atoms with E-state index < -0.39 is 21.8 Å². The zero-order chi connectivity index (χ0) is 20.1. The van der Waals surface area contributed by atoms with Crippen molar-refractivity contribution < 1.29 is 17.9 Å². The molecule has 1 fully saturated rings. The van der Waals surface area contributed by atoms with Crippen LogP contribution in [-0.4, -0.2) is 36.6 Å². The number of para-hydroxylation sites is 1. The van der Waals surface area contributed by atoms with Crippen LogP contribution in [-0.2, 0) is 9.84 Å². The molecule has 8 heteroatoms. The number of nitrogens with one attached hydrogen (secondary N) is 1. The topological polar surface area (TPSA) is 98.2 Å². The third-order valence-electron chi connectivity index (χ3n) is 4.42. The average Bonchev–Trinajstić information content (AvgIpc) is 2.59. The van der Waals surface area contributed by atoms with Gasteiger partial charge in [-0.15, -0.1) is 0 Å². The first-order chi connectivity index (χ1) is 13.3. The maximum atomic E-state index is 12.7. The van der Waals surface area contributed by atoms with Crippen molar-refractivity contribution in [2.24, 2.45) is 0 Å². The van der Waals surface area contributed by atoms with Crippen molar-refractivity contribution in [1.29, 1.82) is 0 Å². The molecule has 1 aromatic carbocycles. The molecule has 148 valence electrons. The second-order valence-corrected chi connectivity index (χ2v) is 8.84. The lowest BCUT2D eigenvalue weighted by Crippen LogP contribution is -2.32. The predicted molar refractivity (Wildman–Crippen MR) is 106 cm³/mol. The lowest BCUT2D eigenvalue weighted by Gasteiger charge is -2.24. The largest absolute Gasteiger partial charge is 0.438 e. The number of amides is 1. The van der Waals surface area contributed by atoms with E-state index >= 15 is 0 Å². The van der Waals surface area contributed by atoms with Crippen LogP contribution in [0.25, 0.3) is 0 Å². The summed E-state index contributed by atoms with van der Waals surface area (Å²) >= 11 is 0. The molecule has 28 heavy (non-hydrogen) atoms. The molecule has 0 bridgehead atoms. The van der Waals surface area contributed by atoms with Crippen LogP contribution in [0.2, 0.25) is 0 Å². The number of ether oxygens (including phenoxy) is 1. The van der Waals surface area contributed by atoms with Gasteiger partial charge < -0.3 is 10.1 Å². The average molecular weight is 401 g/mol. The first kappa shape index (κ1) is 20.0. The van der Waals surface area contributed by atoms with Gasteiger partial charge in [-0.3, -0.25) is 4.79 Å². The van der Waals surface area contributed by atoms with E-state index in [4.69, 9.17) is 4.74 Å². The molecule has 3 rings (SSSR count). The van der Waals surface area contributed by atoms with Gasteiger partial charge in [-0.2, -0.15) is 4.98 Å². The number of hydrogen-bond donors (Lipinski definition) is 1. The summed E-state index contributed by atoms with van der Waals surface area (Å²) in [5.41, 5.74) is 0.200. The highest BCUT2D eigenvalue weighted by Crippen LogP contribution is 2.35. The van der Waals surface area contributed by atoms with Crippen molar-refractivity contribution in [3.05, 3.63) is 59.4 Å². The SMILES string of the molecule is CC(/C=C/S(C)(=O)=O)NC(=O)c1cnc(C2CCC2)nc1Oc1ccccc1. The fourth-order valence-corrected chi connectivity index (χ4v) is 3.19. The van der Waals surface area contributed by atoms with Crippen LogP contribution in [0.4, 0.5) is 0 Å². The Morgan fingerprint density at radius 2 is 2.00 bits per heavy atom. The zero-order valence-electron chi connectivity index (χ0n) is 15.8. The molecule has 1 saturated carbocycles. The van der Waals surface area contributed by atoms with Gasteiger partial charge in [-0.05, 0) is 31.9 Å². The summed E-state index contributed by atoms with van der Waals surface area (Å²) in [4.78, 5) is 21.5.